The summed E-state index contributed by atoms with van der Waals surface area (Å²) < 4.78 is 21.1. The van der Waals surface area contributed by atoms with Gasteiger partial charge in [-0.25, -0.2) is 9.38 Å². The standard InChI is InChI=1S/C20H17Cl2FN2OS/c21-13-3-8-18(22)17(10-13)19-12-27-20(24-15-6-4-14(23)5-7-15)25(19)11-16-2-1-9-26-16/h3-8,10,12,16H,1-2,9,11H2. The van der Waals surface area contributed by atoms with Crippen LogP contribution in [0.3, 0.4) is 0 Å². The average molecular weight is 423 g/mol. The van der Waals surface area contributed by atoms with Crippen LogP contribution >= 0.6 is 34.5 Å². The smallest absolute Gasteiger partial charge is 0.190 e. The highest BCUT2D eigenvalue weighted by Crippen LogP contribution is 2.31. The summed E-state index contributed by atoms with van der Waals surface area (Å²) in [5, 5.41) is 3.28. The average Bonchev–Trinajstić information content (AvgIpc) is 3.30. The molecule has 0 spiro atoms. The van der Waals surface area contributed by atoms with Gasteiger partial charge in [-0.15, -0.1) is 11.3 Å². The molecule has 2 aromatic carbocycles. The first-order chi connectivity index (χ1) is 13.1. The molecule has 1 atom stereocenters. The SMILES string of the molecule is Fc1ccc(N=c2scc(-c3cc(Cl)ccc3Cl)n2CC2CCCO2)cc1. The van der Waals surface area contributed by atoms with Crippen molar-refractivity contribution in [1.82, 2.24) is 4.57 Å². The molecular formula is C20H17Cl2FN2OS. The monoisotopic (exact) mass is 422 g/mol. The lowest BCUT2D eigenvalue weighted by Crippen LogP contribution is -2.24. The minimum absolute atomic E-state index is 0.142. The maximum Gasteiger partial charge on any atom is 0.190 e. The molecule has 0 N–H and O–H groups in total. The van der Waals surface area contributed by atoms with Crippen molar-refractivity contribution in [2.75, 3.05) is 6.61 Å². The van der Waals surface area contributed by atoms with Crippen LogP contribution in [0.4, 0.5) is 10.1 Å². The van der Waals surface area contributed by atoms with Crippen molar-refractivity contribution >= 4 is 40.2 Å². The zero-order chi connectivity index (χ0) is 18.8. The van der Waals surface area contributed by atoms with Gasteiger partial charge < -0.3 is 9.30 Å². The van der Waals surface area contributed by atoms with Gasteiger partial charge in [0, 0.05) is 22.6 Å². The first kappa shape index (κ1) is 18.7. The Balaban J connectivity index is 1.82. The molecule has 1 saturated heterocycles. The Kier molecular flexibility index (Phi) is 5.64. The van der Waals surface area contributed by atoms with E-state index in [2.05, 4.69) is 4.57 Å². The summed E-state index contributed by atoms with van der Waals surface area (Å²) in [6.07, 6.45) is 2.22. The summed E-state index contributed by atoms with van der Waals surface area (Å²) >= 11 is 14.1. The molecule has 0 amide bonds. The van der Waals surface area contributed by atoms with Crippen LogP contribution in [0.5, 0.6) is 0 Å². The lowest BCUT2D eigenvalue weighted by Gasteiger charge is -2.15. The highest BCUT2D eigenvalue weighted by atomic mass is 35.5. The van der Waals surface area contributed by atoms with E-state index in [1.807, 2.05) is 11.4 Å². The summed E-state index contributed by atoms with van der Waals surface area (Å²) in [5.41, 5.74) is 2.51. The molecule has 1 aliphatic rings. The third kappa shape index (κ3) is 4.27. The number of benzene rings is 2. The van der Waals surface area contributed by atoms with Gasteiger partial charge in [-0.2, -0.15) is 0 Å². The number of rotatable bonds is 4. The maximum atomic E-state index is 13.2. The van der Waals surface area contributed by atoms with Crippen LogP contribution < -0.4 is 4.80 Å². The molecule has 3 aromatic rings. The quantitative estimate of drug-likeness (QED) is 0.500. The molecule has 0 bridgehead atoms. The van der Waals surface area contributed by atoms with Crippen molar-refractivity contribution < 1.29 is 9.13 Å². The van der Waals surface area contributed by atoms with Crippen LogP contribution in [0.15, 0.2) is 52.8 Å². The Bertz CT molecular complexity index is 1010. The van der Waals surface area contributed by atoms with E-state index >= 15 is 0 Å². The summed E-state index contributed by atoms with van der Waals surface area (Å²) in [6, 6.07) is 11.6. The molecule has 140 valence electrons. The number of aromatic nitrogens is 1. The van der Waals surface area contributed by atoms with Crippen LogP contribution in [0, 0.1) is 5.82 Å². The van der Waals surface area contributed by atoms with Crippen LogP contribution in [0.2, 0.25) is 10.0 Å². The number of nitrogens with zero attached hydrogens (tertiary/aromatic N) is 2. The molecule has 1 fully saturated rings. The largest absolute Gasteiger partial charge is 0.376 e. The number of ether oxygens (including phenoxy) is 1. The van der Waals surface area contributed by atoms with Crippen molar-refractivity contribution in [3.63, 3.8) is 0 Å². The summed E-state index contributed by atoms with van der Waals surface area (Å²) in [5.74, 6) is -0.279. The van der Waals surface area contributed by atoms with Crippen molar-refractivity contribution in [3.05, 3.63) is 68.5 Å². The van der Waals surface area contributed by atoms with Crippen LogP contribution in [0.1, 0.15) is 12.8 Å². The molecule has 0 radical (unpaired) electrons. The van der Waals surface area contributed by atoms with E-state index in [4.69, 9.17) is 32.9 Å². The Morgan fingerprint density at radius 2 is 2.00 bits per heavy atom. The lowest BCUT2D eigenvalue weighted by molar-refractivity contribution is 0.0968. The zero-order valence-electron chi connectivity index (χ0n) is 14.4. The van der Waals surface area contributed by atoms with E-state index < -0.39 is 0 Å². The molecule has 3 nitrogen and oxygen atoms in total. The minimum atomic E-state index is -0.279. The highest BCUT2D eigenvalue weighted by Gasteiger charge is 2.20. The van der Waals surface area contributed by atoms with E-state index in [0.29, 0.717) is 22.3 Å². The molecule has 7 heteroatoms. The van der Waals surface area contributed by atoms with Gasteiger partial charge in [0.05, 0.1) is 29.1 Å². The van der Waals surface area contributed by atoms with Crippen molar-refractivity contribution in [2.45, 2.75) is 25.5 Å². The second-order valence-electron chi connectivity index (χ2n) is 6.36. The highest BCUT2D eigenvalue weighted by molar-refractivity contribution is 7.07. The second-order valence-corrected chi connectivity index (χ2v) is 8.04. The van der Waals surface area contributed by atoms with E-state index in [-0.39, 0.29) is 11.9 Å². The summed E-state index contributed by atoms with van der Waals surface area (Å²) in [6.45, 7) is 1.47. The van der Waals surface area contributed by atoms with Crippen LogP contribution in [-0.2, 0) is 11.3 Å². The topological polar surface area (TPSA) is 26.5 Å². The zero-order valence-corrected chi connectivity index (χ0v) is 16.7. The normalized spacial score (nSPS) is 17.6. The van der Waals surface area contributed by atoms with Crippen molar-refractivity contribution in [3.8, 4) is 11.3 Å². The van der Waals surface area contributed by atoms with E-state index in [1.165, 1.54) is 23.5 Å². The molecule has 2 heterocycles. The molecule has 1 unspecified atom stereocenters. The fourth-order valence-corrected chi connectivity index (χ4v) is 4.44. The van der Waals surface area contributed by atoms with Crippen LogP contribution in [0.25, 0.3) is 11.3 Å². The Hall–Kier alpha value is -1.66. The van der Waals surface area contributed by atoms with Crippen molar-refractivity contribution in [1.29, 1.82) is 0 Å². The van der Waals surface area contributed by atoms with Gasteiger partial charge in [-0.1, -0.05) is 23.2 Å². The van der Waals surface area contributed by atoms with Gasteiger partial charge in [0.1, 0.15) is 5.82 Å². The van der Waals surface area contributed by atoms with E-state index in [0.717, 1.165) is 35.5 Å². The molecule has 4 rings (SSSR count). The minimum Gasteiger partial charge on any atom is -0.376 e. The summed E-state index contributed by atoms with van der Waals surface area (Å²) in [7, 11) is 0. The van der Waals surface area contributed by atoms with Gasteiger partial charge in [-0.3, -0.25) is 0 Å². The molecular weight excluding hydrogens is 406 g/mol. The van der Waals surface area contributed by atoms with Gasteiger partial charge in [-0.05, 0) is 55.3 Å². The fraction of sp³-hybridized carbons (Fsp3) is 0.250. The predicted octanol–water partition coefficient (Wildman–Crippen LogP) is 6.07. The Morgan fingerprint density at radius 3 is 2.74 bits per heavy atom. The predicted molar refractivity (Wildman–Crippen MR) is 108 cm³/mol. The van der Waals surface area contributed by atoms with E-state index in [1.54, 1.807) is 24.3 Å². The Morgan fingerprint density at radius 1 is 1.19 bits per heavy atom. The third-order valence-corrected chi connectivity index (χ3v) is 5.89. The molecule has 0 saturated carbocycles. The fourth-order valence-electron chi connectivity index (χ4n) is 3.12. The second kappa shape index (κ2) is 8.15. The third-order valence-electron chi connectivity index (χ3n) is 4.46. The van der Waals surface area contributed by atoms with E-state index in [9.17, 15) is 4.39 Å². The molecule has 1 aromatic heterocycles. The first-order valence-electron chi connectivity index (χ1n) is 8.66. The number of hydrogen-bond donors (Lipinski definition) is 0. The Labute approximate surface area is 170 Å². The molecule has 27 heavy (non-hydrogen) atoms. The number of thiazole rings is 1. The summed E-state index contributed by atoms with van der Waals surface area (Å²) in [4.78, 5) is 5.51. The number of hydrogen-bond acceptors (Lipinski definition) is 3. The number of halogens is 3. The van der Waals surface area contributed by atoms with Gasteiger partial charge >= 0.3 is 0 Å². The maximum absolute atomic E-state index is 13.2. The molecule has 1 aliphatic heterocycles. The van der Waals surface area contributed by atoms with Gasteiger partial charge in [0.25, 0.3) is 0 Å². The van der Waals surface area contributed by atoms with Crippen LogP contribution in [-0.4, -0.2) is 17.3 Å². The molecule has 0 aliphatic carbocycles. The van der Waals surface area contributed by atoms with Gasteiger partial charge in [0.2, 0.25) is 0 Å². The van der Waals surface area contributed by atoms with Crippen molar-refractivity contribution in [2.24, 2.45) is 4.99 Å². The van der Waals surface area contributed by atoms with Gasteiger partial charge in [0.15, 0.2) is 4.80 Å². The lowest BCUT2D eigenvalue weighted by atomic mass is 10.1. The first-order valence-corrected chi connectivity index (χ1v) is 10.3.